The maximum absolute atomic E-state index is 13.8. The van der Waals surface area contributed by atoms with E-state index < -0.39 is 0 Å². The first kappa shape index (κ1) is 13.2. The largest absolute Gasteiger partial charge is 0.365 e. The van der Waals surface area contributed by atoms with Crippen LogP contribution in [0.3, 0.4) is 0 Å². The quantitative estimate of drug-likeness (QED) is 0.811. The smallest absolute Gasteiger partial charge is 0.186 e. The van der Waals surface area contributed by atoms with Gasteiger partial charge in [-0.1, -0.05) is 6.92 Å². The molecule has 1 rings (SSSR count). The molecule has 0 aliphatic carbocycles. The Kier molecular flexibility index (Phi) is 4.93. The Labute approximate surface area is 100 Å². The SMILES string of the molecule is CCc1ncnc(NC(C)CC(C)Cl)c1F. The van der Waals surface area contributed by atoms with Crippen LogP contribution in [0.2, 0.25) is 0 Å². The second kappa shape index (κ2) is 5.99. The van der Waals surface area contributed by atoms with E-state index in [1.54, 1.807) is 0 Å². The zero-order valence-electron chi connectivity index (χ0n) is 9.80. The average Bonchev–Trinajstić information content (AvgIpc) is 2.20. The third-order valence-electron chi connectivity index (χ3n) is 2.26. The highest BCUT2D eigenvalue weighted by atomic mass is 35.5. The molecular weight excluding hydrogens is 229 g/mol. The molecule has 0 aliphatic rings. The van der Waals surface area contributed by atoms with Crippen LogP contribution in [-0.2, 0) is 6.42 Å². The fourth-order valence-electron chi connectivity index (χ4n) is 1.53. The molecule has 1 N–H and O–H groups in total. The van der Waals surface area contributed by atoms with Crippen LogP contribution >= 0.6 is 11.6 Å². The van der Waals surface area contributed by atoms with Crippen molar-refractivity contribution in [1.82, 2.24) is 9.97 Å². The van der Waals surface area contributed by atoms with Gasteiger partial charge in [0.2, 0.25) is 0 Å². The topological polar surface area (TPSA) is 37.8 Å². The fourth-order valence-corrected chi connectivity index (χ4v) is 1.80. The zero-order chi connectivity index (χ0) is 12.1. The molecule has 1 heterocycles. The van der Waals surface area contributed by atoms with Gasteiger partial charge in [-0.3, -0.25) is 0 Å². The lowest BCUT2D eigenvalue weighted by molar-refractivity contribution is 0.589. The molecule has 0 aromatic carbocycles. The number of anilines is 1. The molecule has 0 bridgehead atoms. The first-order valence-electron chi connectivity index (χ1n) is 5.44. The van der Waals surface area contributed by atoms with Crippen LogP contribution in [0.1, 0.15) is 32.9 Å². The summed E-state index contributed by atoms with van der Waals surface area (Å²) in [6.45, 7) is 5.72. The third kappa shape index (κ3) is 3.59. The molecule has 0 saturated heterocycles. The Balaban J connectivity index is 2.73. The van der Waals surface area contributed by atoms with Gasteiger partial charge in [-0.2, -0.15) is 0 Å². The molecule has 0 amide bonds. The Bertz CT molecular complexity index is 344. The first-order valence-corrected chi connectivity index (χ1v) is 5.88. The summed E-state index contributed by atoms with van der Waals surface area (Å²) in [6.07, 6.45) is 2.69. The highest BCUT2D eigenvalue weighted by Crippen LogP contribution is 2.16. The molecule has 16 heavy (non-hydrogen) atoms. The number of nitrogens with zero attached hydrogens (tertiary/aromatic N) is 2. The lowest BCUT2D eigenvalue weighted by atomic mass is 10.2. The molecule has 0 saturated carbocycles. The molecule has 0 fully saturated rings. The first-order chi connectivity index (χ1) is 7.54. The van der Waals surface area contributed by atoms with Crippen molar-refractivity contribution in [3.63, 3.8) is 0 Å². The van der Waals surface area contributed by atoms with Crippen LogP contribution in [-0.4, -0.2) is 21.4 Å². The minimum atomic E-state index is -0.362. The Morgan fingerprint density at radius 2 is 2.12 bits per heavy atom. The summed E-state index contributed by atoms with van der Waals surface area (Å²) in [5, 5.41) is 3.06. The maximum Gasteiger partial charge on any atom is 0.186 e. The van der Waals surface area contributed by atoms with E-state index in [-0.39, 0.29) is 23.1 Å². The summed E-state index contributed by atoms with van der Waals surface area (Å²) in [7, 11) is 0. The molecule has 1 aromatic heterocycles. The van der Waals surface area contributed by atoms with E-state index in [4.69, 9.17) is 11.6 Å². The van der Waals surface area contributed by atoms with Gasteiger partial charge < -0.3 is 5.32 Å². The van der Waals surface area contributed by atoms with E-state index in [1.807, 2.05) is 20.8 Å². The zero-order valence-corrected chi connectivity index (χ0v) is 10.6. The van der Waals surface area contributed by atoms with Gasteiger partial charge in [0.1, 0.15) is 6.33 Å². The number of halogens is 2. The van der Waals surface area contributed by atoms with Gasteiger partial charge in [-0.25, -0.2) is 14.4 Å². The summed E-state index contributed by atoms with van der Waals surface area (Å²) in [6, 6.07) is 0.0848. The Morgan fingerprint density at radius 3 is 2.69 bits per heavy atom. The average molecular weight is 246 g/mol. The normalized spacial score (nSPS) is 14.6. The maximum atomic E-state index is 13.8. The van der Waals surface area contributed by atoms with E-state index in [9.17, 15) is 4.39 Å². The van der Waals surface area contributed by atoms with E-state index in [2.05, 4.69) is 15.3 Å². The van der Waals surface area contributed by atoms with Crippen LogP contribution < -0.4 is 5.32 Å². The summed E-state index contributed by atoms with van der Waals surface area (Å²) >= 11 is 5.87. The van der Waals surface area contributed by atoms with E-state index >= 15 is 0 Å². The number of alkyl halides is 1. The van der Waals surface area contributed by atoms with Gasteiger partial charge in [0.05, 0.1) is 5.69 Å². The van der Waals surface area contributed by atoms with Crippen molar-refractivity contribution in [3.05, 3.63) is 17.8 Å². The van der Waals surface area contributed by atoms with Gasteiger partial charge in [-0.15, -0.1) is 11.6 Å². The van der Waals surface area contributed by atoms with Crippen molar-refractivity contribution in [2.24, 2.45) is 0 Å². The predicted octanol–water partition coefficient (Wildman–Crippen LogP) is 3.00. The second-order valence-electron chi connectivity index (χ2n) is 3.90. The number of nitrogens with one attached hydrogen (secondary N) is 1. The predicted molar refractivity (Wildman–Crippen MR) is 64.4 cm³/mol. The van der Waals surface area contributed by atoms with Crippen LogP contribution in [0.5, 0.6) is 0 Å². The lowest BCUT2D eigenvalue weighted by Crippen LogP contribution is -2.20. The Hall–Kier alpha value is -0.900. The van der Waals surface area contributed by atoms with Gasteiger partial charge in [0, 0.05) is 11.4 Å². The number of aryl methyl sites for hydroxylation is 1. The van der Waals surface area contributed by atoms with Crippen LogP contribution in [0, 0.1) is 5.82 Å². The summed E-state index contributed by atoms with van der Waals surface area (Å²) in [4.78, 5) is 7.77. The minimum Gasteiger partial charge on any atom is -0.365 e. The molecule has 2 atom stereocenters. The molecule has 0 aliphatic heterocycles. The van der Waals surface area contributed by atoms with E-state index in [1.165, 1.54) is 6.33 Å². The molecule has 2 unspecified atom stereocenters. The van der Waals surface area contributed by atoms with Crippen molar-refractivity contribution < 1.29 is 4.39 Å². The van der Waals surface area contributed by atoms with Crippen LogP contribution in [0.4, 0.5) is 10.2 Å². The molecule has 5 heteroatoms. The number of hydrogen-bond acceptors (Lipinski definition) is 3. The van der Waals surface area contributed by atoms with Crippen molar-refractivity contribution in [2.75, 3.05) is 5.32 Å². The second-order valence-corrected chi connectivity index (χ2v) is 4.64. The standard InChI is InChI=1S/C11H17ClFN3/c1-4-9-10(13)11(15-6-14-9)16-8(3)5-7(2)12/h6-8H,4-5H2,1-3H3,(H,14,15,16). The van der Waals surface area contributed by atoms with Gasteiger partial charge in [0.15, 0.2) is 11.6 Å². The van der Waals surface area contributed by atoms with Crippen molar-refractivity contribution in [3.8, 4) is 0 Å². The monoisotopic (exact) mass is 245 g/mol. The number of rotatable bonds is 5. The highest BCUT2D eigenvalue weighted by Gasteiger charge is 2.13. The van der Waals surface area contributed by atoms with Gasteiger partial charge in [-0.05, 0) is 26.7 Å². The molecule has 1 aromatic rings. The minimum absolute atomic E-state index is 0.0537. The highest BCUT2D eigenvalue weighted by molar-refractivity contribution is 6.20. The van der Waals surface area contributed by atoms with Crippen molar-refractivity contribution >= 4 is 17.4 Å². The molecule has 90 valence electrons. The van der Waals surface area contributed by atoms with Gasteiger partial charge >= 0.3 is 0 Å². The lowest BCUT2D eigenvalue weighted by Gasteiger charge is -2.16. The fraction of sp³-hybridized carbons (Fsp3) is 0.636. The number of aromatic nitrogens is 2. The Morgan fingerprint density at radius 1 is 1.44 bits per heavy atom. The summed E-state index contributed by atoms with van der Waals surface area (Å²) in [5.74, 6) is -0.101. The summed E-state index contributed by atoms with van der Waals surface area (Å²) in [5.41, 5.74) is 0.434. The summed E-state index contributed by atoms with van der Waals surface area (Å²) < 4.78 is 13.8. The van der Waals surface area contributed by atoms with Crippen LogP contribution in [0.15, 0.2) is 6.33 Å². The van der Waals surface area contributed by atoms with E-state index in [0.29, 0.717) is 12.1 Å². The molecular formula is C11H17ClFN3. The van der Waals surface area contributed by atoms with Crippen molar-refractivity contribution in [1.29, 1.82) is 0 Å². The number of hydrogen-bond donors (Lipinski definition) is 1. The van der Waals surface area contributed by atoms with Crippen molar-refractivity contribution in [2.45, 2.75) is 45.0 Å². The molecule has 3 nitrogen and oxygen atoms in total. The van der Waals surface area contributed by atoms with E-state index in [0.717, 1.165) is 6.42 Å². The molecule has 0 radical (unpaired) electrons. The third-order valence-corrected chi connectivity index (χ3v) is 2.44. The van der Waals surface area contributed by atoms with Crippen LogP contribution in [0.25, 0.3) is 0 Å². The van der Waals surface area contributed by atoms with Gasteiger partial charge in [0.25, 0.3) is 0 Å². The molecule has 0 spiro atoms.